The molecule has 146 valence electrons. The van der Waals surface area contributed by atoms with Gasteiger partial charge < -0.3 is 16.0 Å². The zero-order chi connectivity index (χ0) is 18.8. The summed E-state index contributed by atoms with van der Waals surface area (Å²) in [6.45, 7) is 3.53. The molecule has 5 nitrogen and oxygen atoms in total. The highest BCUT2D eigenvalue weighted by molar-refractivity contribution is 14.0. The molecule has 0 bridgehead atoms. The van der Waals surface area contributed by atoms with Crippen LogP contribution in [0, 0.1) is 12.7 Å². The van der Waals surface area contributed by atoms with Crippen molar-refractivity contribution in [3.8, 4) is 0 Å². The van der Waals surface area contributed by atoms with Crippen molar-refractivity contribution < 1.29 is 9.18 Å². The van der Waals surface area contributed by atoms with E-state index in [4.69, 9.17) is 0 Å². The van der Waals surface area contributed by atoms with Gasteiger partial charge in [-0.1, -0.05) is 35.9 Å². The Balaban J connectivity index is 0.00000364. The third-order valence-corrected chi connectivity index (χ3v) is 3.85. The molecule has 0 aliphatic heterocycles. The van der Waals surface area contributed by atoms with Crippen LogP contribution in [0.25, 0.3) is 0 Å². The number of benzene rings is 2. The number of hydrogen-bond acceptors (Lipinski definition) is 2. The van der Waals surface area contributed by atoms with Gasteiger partial charge in [0.2, 0.25) is 0 Å². The molecule has 2 rings (SSSR count). The van der Waals surface area contributed by atoms with E-state index in [1.165, 1.54) is 6.07 Å². The van der Waals surface area contributed by atoms with E-state index in [1.807, 2.05) is 31.2 Å². The first-order valence-corrected chi connectivity index (χ1v) is 8.63. The molecule has 27 heavy (non-hydrogen) atoms. The monoisotopic (exact) mass is 484 g/mol. The van der Waals surface area contributed by atoms with E-state index in [1.54, 1.807) is 25.2 Å². The van der Waals surface area contributed by atoms with E-state index < -0.39 is 0 Å². The summed E-state index contributed by atoms with van der Waals surface area (Å²) >= 11 is 0. The minimum atomic E-state index is -0.198. The van der Waals surface area contributed by atoms with Gasteiger partial charge in [0.25, 0.3) is 5.91 Å². The number of nitrogens with zero attached hydrogens (tertiary/aromatic N) is 1. The van der Waals surface area contributed by atoms with Crippen molar-refractivity contribution in [1.29, 1.82) is 0 Å². The van der Waals surface area contributed by atoms with Crippen molar-refractivity contribution in [1.82, 2.24) is 16.0 Å². The lowest BCUT2D eigenvalue weighted by Gasteiger charge is -2.12. The zero-order valence-corrected chi connectivity index (χ0v) is 17.9. The highest BCUT2D eigenvalue weighted by atomic mass is 127. The zero-order valence-electron chi connectivity index (χ0n) is 15.6. The number of hydrogen-bond donors (Lipinski definition) is 3. The topological polar surface area (TPSA) is 65.5 Å². The number of guanidine groups is 1. The van der Waals surface area contributed by atoms with Gasteiger partial charge in [0.05, 0.1) is 0 Å². The summed E-state index contributed by atoms with van der Waals surface area (Å²) in [5, 5.41) is 9.11. The van der Waals surface area contributed by atoms with E-state index in [0.717, 1.165) is 5.56 Å². The average Bonchev–Trinajstić information content (AvgIpc) is 2.65. The molecule has 7 heteroatoms. The van der Waals surface area contributed by atoms with Crippen LogP contribution >= 0.6 is 24.0 Å². The molecule has 0 heterocycles. The van der Waals surface area contributed by atoms with Crippen molar-refractivity contribution in [3.05, 3.63) is 71.0 Å². The number of carbonyl (C=O) groups is 1. The largest absolute Gasteiger partial charge is 0.356 e. The summed E-state index contributed by atoms with van der Waals surface area (Å²) in [5.74, 6) is 0.320. The first kappa shape index (κ1) is 22.9. The SMILES string of the molecule is CN=C(NCCNC(=O)c1cccc(C)c1)NCCc1ccccc1F.I. The number of aryl methyl sites for hydroxylation is 1. The molecule has 0 saturated carbocycles. The number of carbonyl (C=O) groups excluding carboxylic acids is 1. The summed E-state index contributed by atoms with van der Waals surface area (Å²) in [4.78, 5) is 16.2. The van der Waals surface area contributed by atoms with Crippen molar-refractivity contribution in [2.75, 3.05) is 26.7 Å². The summed E-state index contributed by atoms with van der Waals surface area (Å²) in [6.07, 6.45) is 0.567. The molecule has 0 atom stereocenters. The van der Waals surface area contributed by atoms with Crippen molar-refractivity contribution in [3.63, 3.8) is 0 Å². The van der Waals surface area contributed by atoms with Crippen LogP contribution in [0.3, 0.4) is 0 Å². The van der Waals surface area contributed by atoms with Gasteiger partial charge >= 0.3 is 0 Å². The number of aliphatic imine (C=N–C) groups is 1. The van der Waals surface area contributed by atoms with Crippen molar-refractivity contribution >= 4 is 35.8 Å². The number of rotatable bonds is 7. The molecule has 3 N–H and O–H groups in total. The van der Waals surface area contributed by atoms with E-state index in [0.29, 0.717) is 43.1 Å². The fraction of sp³-hybridized carbons (Fsp3) is 0.300. The Morgan fingerprint density at radius 3 is 2.41 bits per heavy atom. The number of nitrogens with one attached hydrogen (secondary N) is 3. The van der Waals surface area contributed by atoms with Crippen LogP contribution in [-0.4, -0.2) is 38.5 Å². The summed E-state index contributed by atoms with van der Waals surface area (Å²) in [7, 11) is 1.67. The lowest BCUT2D eigenvalue weighted by molar-refractivity contribution is 0.0954. The van der Waals surface area contributed by atoms with Gasteiger partial charge in [-0.05, 0) is 37.1 Å². The van der Waals surface area contributed by atoms with Crippen molar-refractivity contribution in [2.24, 2.45) is 4.99 Å². The maximum Gasteiger partial charge on any atom is 0.251 e. The first-order chi connectivity index (χ1) is 12.6. The van der Waals surface area contributed by atoms with E-state index in [-0.39, 0.29) is 35.7 Å². The van der Waals surface area contributed by atoms with Gasteiger partial charge in [-0.25, -0.2) is 4.39 Å². The van der Waals surface area contributed by atoms with Crippen LogP contribution in [0.2, 0.25) is 0 Å². The molecule has 0 unspecified atom stereocenters. The lowest BCUT2D eigenvalue weighted by Crippen LogP contribution is -2.42. The van der Waals surface area contributed by atoms with E-state index in [2.05, 4.69) is 20.9 Å². The van der Waals surface area contributed by atoms with Gasteiger partial charge in [0.1, 0.15) is 5.82 Å². The average molecular weight is 484 g/mol. The molecule has 2 aromatic carbocycles. The Hall–Kier alpha value is -2.16. The second-order valence-electron chi connectivity index (χ2n) is 5.89. The minimum absolute atomic E-state index is 0. The predicted molar refractivity (Wildman–Crippen MR) is 118 cm³/mol. The molecule has 0 radical (unpaired) electrons. The Labute approximate surface area is 176 Å². The molecule has 1 amide bonds. The van der Waals surface area contributed by atoms with Crippen LogP contribution in [0.15, 0.2) is 53.5 Å². The normalized spacial score (nSPS) is 10.7. The van der Waals surface area contributed by atoms with Gasteiger partial charge in [-0.2, -0.15) is 0 Å². The van der Waals surface area contributed by atoms with Crippen LogP contribution in [0.1, 0.15) is 21.5 Å². The quantitative estimate of drug-likeness (QED) is 0.245. The first-order valence-electron chi connectivity index (χ1n) is 8.63. The molecule has 0 spiro atoms. The fourth-order valence-electron chi connectivity index (χ4n) is 2.48. The van der Waals surface area contributed by atoms with E-state index >= 15 is 0 Å². The fourth-order valence-corrected chi connectivity index (χ4v) is 2.48. The smallest absolute Gasteiger partial charge is 0.251 e. The maximum atomic E-state index is 13.6. The van der Waals surface area contributed by atoms with Crippen LogP contribution < -0.4 is 16.0 Å². The Morgan fingerprint density at radius 1 is 1.00 bits per heavy atom. The molecule has 0 fully saturated rings. The molecular formula is C20H26FIN4O. The summed E-state index contributed by atoms with van der Waals surface area (Å²) in [6, 6.07) is 14.2. The highest BCUT2D eigenvalue weighted by Crippen LogP contribution is 2.06. The third-order valence-electron chi connectivity index (χ3n) is 3.85. The van der Waals surface area contributed by atoms with Gasteiger partial charge in [0, 0.05) is 32.2 Å². The molecule has 0 aromatic heterocycles. The molecular weight excluding hydrogens is 458 g/mol. The second kappa shape index (κ2) is 12.3. The van der Waals surface area contributed by atoms with Crippen LogP contribution in [0.5, 0.6) is 0 Å². The standard InChI is InChI=1S/C20H25FN4O.HI/c1-15-6-5-8-17(14-15)19(26)23-12-13-25-20(22-2)24-11-10-16-7-3-4-9-18(16)21;/h3-9,14H,10-13H2,1-2H3,(H,23,26)(H2,22,24,25);1H. The predicted octanol–water partition coefficient (Wildman–Crippen LogP) is 2.89. The second-order valence-corrected chi connectivity index (χ2v) is 5.89. The highest BCUT2D eigenvalue weighted by Gasteiger charge is 2.05. The Bertz CT molecular complexity index is 767. The maximum absolute atomic E-state index is 13.6. The number of amides is 1. The lowest BCUT2D eigenvalue weighted by atomic mass is 10.1. The van der Waals surface area contributed by atoms with Crippen LogP contribution in [0.4, 0.5) is 4.39 Å². The minimum Gasteiger partial charge on any atom is -0.356 e. The molecule has 0 saturated heterocycles. The molecule has 0 aliphatic rings. The van der Waals surface area contributed by atoms with Gasteiger partial charge in [-0.3, -0.25) is 9.79 Å². The van der Waals surface area contributed by atoms with Crippen molar-refractivity contribution in [2.45, 2.75) is 13.3 Å². The van der Waals surface area contributed by atoms with Crippen LogP contribution in [-0.2, 0) is 6.42 Å². The summed E-state index contributed by atoms with van der Waals surface area (Å²) in [5.41, 5.74) is 2.37. The molecule has 0 aliphatic carbocycles. The third kappa shape index (κ3) is 7.94. The van der Waals surface area contributed by atoms with E-state index in [9.17, 15) is 9.18 Å². The molecule has 2 aromatic rings. The van der Waals surface area contributed by atoms with Gasteiger partial charge in [-0.15, -0.1) is 24.0 Å². The Kier molecular flexibility index (Phi) is 10.4. The summed E-state index contributed by atoms with van der Waals surface area (Å²) < 4.78 is 13.6. The Morgan fingerprint density at radius 2 is 1.70 bits per heavy atom. The van der Waals surface area contributed by atoms with Gasteiger partial charge in [0.15, 0.2) is 5.96 Å². The number of halogens is 2.